The van der Waals surface area contributed by atoms with Gasteiger partial charge in [0.15, 0.2) is 0 Å². The van der Waals surface area contributed by atoms with Crippen LogP contribution in [0, 0.1) is 5.92 Å². The van der Waals surface area contributed by atoms with Crippen molar-refractivity contribution in [3.63, 3.8) is 0 Å². The molecule has 1 aromatic rings. The van der Waals surface area contributed by atoms with Crippen LogP contribution < -0.4 is 11.1 Å². The third kappa shape index (κ3) is 4.97. The van der Waals surface area contributed by atoms with Crippen LogP contribution in [0.15, 0.2) is 24.5 Å². The molecule has 4 nitrogen and oxygen atoms in total. The zero-order valence-corrected chi connectivity index (χ0v) is 12.4. The number of carbonyl (C=O) groups excluding carboxylic acids is 1. The molecular weight excluding hydrogens is 285 g/mol. The molecule has 108 valence electrons. The van der Waals surface area contributed by atoms with Gasteiger partial charge in [-0.3, -0.25) is 9.78 Å². The van der Waals surface area contributed by atoms with E-state index < -0.39 is 0 Å². The molecule has 3 N–H and O–H groups in total. The van der Waals surface area contributed by atoms with Crippen LogP contribution in [0.1, 0.15) is 36.0 Å². The fraction of sp³-hybridized carbons (Fsp3) is 0.538. The molecule has 1 amide bonds. The molecule has 0 saturated heterocycles. The number of hydrogen-bond acceptors (Lipinski definition) is 3. The number of aromatic nitrogens is 1. The van der Waals surface area contributed by atoms with Crippen molar-refractivity contribution in [3.8, 4) is 0 Å². The summed E-state index contributed by atoms with van der Waals surface area (Å²) in [5.41, 5.74) is 6.36. The highest BCUT2D eigenvalue weighted by Gasteiger charge is 2.25. The molecule has 6 heteroatoms. The predicted molar refractivity (Wildman–Crippen MR) is 81.0 cm³/mol. The lowest BCUT2D eigenvalue weighted by molar-refractivity contribution is 0.0907. The SMILES string of the molecule is Cl.Cl.NCC1CCCCC1NC(=O)c1cccnc1. The smallest absolute Gasteiger partial charge is 0.253 e. The Balaban J connectivity index is 0.00000162. The summed E-state index contributed by atoms with van der Waals surface area (Å²) in [7, 11) is 0. The van der Waals surface area contributed by atoms with Crippen LogP contribution in [0.4, 0.5) is 0 Å². The van der Waals surface area contributed by atoms with Crippen LogP contribution in [0.25, 0.3) is 0 Å². The Labute approximate surface area is 126 Å². The summed E-state index contributed by atoms with van der Waals surface area (Å²) < 4.78 is 0. The van der Waals surface area contributed by atoms with E-state index in [2.05, 4.69) is 10.3 Å². The number of nitrogens with zero attached hydrogens (tertiary/aromatic N) is 1. The average molecular weight is 306 g/mol. The zero-order chi connectivity index (χ0) is 12.1. The minimum Gasteiger partial charge on any atom is -0.349 e. The molecule has 1 aromatic heterocycles. The van der Waals surface area contributed by atoms with Crippen molar-refractivity contribution in [2.45, 2.75) is 31.7 Å². The standard InChI is InChI=1S/C13H19N3O.2ClH/c14-8-10-4-1-2-6-12(10)16-13(17)11-5-3-7-15-9-11;;/h3,5,7,9-10,12H,1-2,4,6,8,14H2,(H,16,17);2*1H. The molecule has 0 aromatic carbocycles. The Kier molecular flexibility index (Phi) is 8.72. The van der Waals surface area contributed by atoms with Crippen molar-refractivity contribution in [2.24, 2.45) is 11.7 Å². The zero-order valence-electron chi connectivity index (χ0n) is 10.7. The Morgan fingerprint density at radius 2 is 2.11 bits per heavy atom. The fourth-order valence-electron chi connectivity index (χ4n) is 2.43. The first kappa shape index (κ1) is 18.2. The molecule has 2 rings (SSSR count). The van der Waals surface area contributed by atoms with Crippen LogP contribution in [0.3, 0.4) is 0 Å². The van der Waals surface area contributed by atoms with Gasteiger partial charge in [0, 0.05) is 18.4 Å². The molecule has 0 radical (unpaired) electrons. The second kappa shape index (κ2) is 9.13. The van der Waals surface area contributed by atoms with E-state index in [-0.39, 0.29) is 36.8 Å². The highest BCUT2D eigenvalue weighted by atomic mass is 35.5. The van der Waals surface area contributed by atoms with Crippen molar-refractivity contribution in [3.05, 3.63) is 30.1 Å². The molecule has 0 spiro atoms. The lowest BCUT2D eigenvalue weighted by atomic mass is 9.84. The van der Waals surface area contributed by atoms with E-state index in [1.54, 1.807) is 24.5 Å². The van der Waals surface area contributed by atoms with Gasteiger partial charge in [0.2, 0.25) is 0 Å². The van der Waals surface area contributed by atoms with Gasteiger partial charge in [0.25, 0.3) is 5.91 Å². The number of rotatable bonds is 3. The number of pyridine rings is 1. The van der Waals surface area contributed by atoms with E-state index in [1.165, 1.54) is 12.8 Å². The van der Waals surface area contributed by atoms with Crippen LogP contribution in [-0.2, 0) is 0 Å². The minimum absolute atomic E-state index is 0. The second-order valence-corrected chi connectivity index (χ2v) is 4.60. The van der Waals surface area contributed by atoms with Crippen LogP contribution in [0.5, 0.6) is 0 Å². The summed E-state index contributed by atoms with van der Waals surface area (Å²) in [4.78, 5) is 15.9. The first-order valence-electron chi connectivity index (χ1n) is 6.22. The summed E-state index contributed by atoms with van der Waals surface area (Å²) in [6.07, 6.45) is 7.81. The molecule has 0 aliphatic heterocycles. The van der Waals surface area contributed by atoms with Gasteiger partial charge in [-0.1, -0.05) is 12.8 Å². The third-order valence-electron chi connectivity index (χ3n) is 3.45. The summed E-state index contributed by atoms with van der Waals surface area (Å²) in [5.74, 6) is 0.382. The molecule has 19 heavy (non-hydrogen) atoms. The maximum absolute atomic E-state index is 12.0. The van der Waals surface area contributed by atoms with E-state index in [0.29, 0.717) is 18.0 Å². The van der Waals surface area contributed by atoms with Crippen molar-refractivity contribution >= 4 is 30.7 Å². The number of halogens is 2. The van der Waals surface area contributed by atoms with Crippen LogP contribution in [0.2, 0.25) is 0 Å². The van der Waals surface area contributed by atoms with Crippen molar-refractivity contribution in [1.29, 1.82) is 0 Å². The first-order valence-corrected chi connectivity index (χ1v) is 6.22. The summed E-state index contributed by atoms with van der Waals surface area (Å²) in [6.45, 7) is 0.651. The Morgan fingerprint density at radius 3 is 2.74 bits per heavy atom. The van der Waals surface area contributed by atoms with Gasteiger partial charge in [0.1, 0.15) is 0 Å². The third-order valence-corrected chi connectivity index (χ3v) is 3.45. The molecule has 2 unspecified atom stereocenters. The number of nitrogens with one attached hydrogen (secondary N) is 1. The largest absolute Gasteiger partial charge is 0.349 e. The van der Waals surface area contributed by atoms with E-state index in [4.69, 9.17) is 5.73 Å². The molecule has 1 aliphatic rings. The fourth-order valence-corrected chi connectivity index (χ4v) is 2.43. The molecule has 0 bridgehead atoms. The topological polar surface area (TPSA) is 68.0 Å². The molecule has 2 atom stereocenters. The molecule has 1 aliphatic carbocycles. The van der Waals surface area contributed by atoms with E-state index >= 15 is 0 Å². The highest BCUT2D eigenvalue weighted by Crippen LogP contribution is 2.23. The van der Waals surface area contributed by atoms with Crippen molar-refractivity contribution < 1.29 is 4.79 Å². The number of carbonyl (C=O) groups is 1. The lowest BCUT2D eigenvalue weighted by Gasteiger charge is -2.31. The lowest BCUT2D eigenvalue weighted by Crippen LogP contribution is -2.44. The summed E-state index contributed by atoms with van der Waals surface area (Å²) in [6, 6.07) is 3.78. The van der Waals surface area contributed by atoms with Gasteiger partial charge in [-0.15, -0.1) is 24.8 Å². The predicted octanol–water partition coefficient (Wildman–Crippen LogP) is 2.17. The Morgan fingerprint density at radius 1 is 1.37 bits per heavy atom. The van der Waals surface area contributed by atoms with Crippen molar-refractivity contribution in [2.75, 3.05) is 6.54 Å². The Hall–Kier alpha value is -0.840. The highest BCUT2D eigenvalue weighted by molar-refractivity contribution is 5.94. The molecule has 1 heterocycles. The maximum Gasteiger partial charge on any atom is 0.253 e. The monoisotopic (exact) mass is 305 g/mol. The van der Waals surface area contributed by atoms with Crippen molar-refractivity contribution in [1.82, 2.24) is 10.3 Å². The second-order valence-electron chi connectivity index (χ2n) is 4.60. The Bertz CT molecular complexity index is 375. The average Bonchev–Trinajstić information content (AvgIpc) is 2.40. The van der Waals surface area contributed by atoms with Gasteiger partial charge in [-0.25, -0.2) is 0 Å². The number of nitrogens with two attached hydrogens (primary N) is 1. The van der Waals surface area contributed by atoms with E-state index in [0.717, 1.165) is 12.8 Å². The normalized spacial score (nSPS) is 21.7. The van der Waals surface area contributed by atoms with E-state index in [1.807, 2.05) is 0 Å². The maximum atomic E-state index is 12.0. The van der Waals surface area contributed by atoms with Gasteiger partial charge >= 0.3 is 0 Å². The van der Waals surface area contributed by atoms with Gasteiger partial charge < -0.3 is 11.1 Å². The minimum atomic E-state index is -0.0385. The number of hydrogen-bond donors (Lipinski definition) is 2. The summed E-state index contributed by atoms with van der Waals surface area (Å²) in [5, 5.41) is 3.08. The van der Waals surface area contributed by atoms with Crippen LogP contribution >= 0.6 is 24.8 Å². The first-order chi connectivity index (χ1) is 8.31. The van der Waals surface area contributed by atoms with E-state index in [9.17, 15) is 4.79 Å². The van der Waals surface area contributed by atoms with Gasteiger partial charge in [-0.05, 0) is 37.4 Å². The molecular formula is C13H21Cl2N3O. The van der Waals surface area contributed by atoms with Gasteiger partial charge in [-0.2, -0.15) is 0 Å². The van der Waals surface area contributed by atoms with Crippen LogP contribution in [-0.4, -0.2) is 23.5 Å². The quantitative estimate of drug-likeness (QED) is 0.899. The summed E-state index contributed by atoms with van der Waals surface area (Å²) >= 11 is 0. The number of amides is 1. The van der Waals surface area contributed by atoms with Gasteiger partial charge in [0.05, 0.1) is 5.56 Å². The molecule has 1 saturated carbocycles. The molecule has 1 fully saturated rings.